The van der Waals surface area contributed by atoms with Crippen molar-refractivity contribution >= 4 is 27.4 Å². The summed E-state index contributed by atoms with van der Waals surface area (Å²) in [6.45, 7) is 3.63. The monoisotopic (exact) mass is 409 g/mol. The highest BCUT2D eigenvalue weighted by Gasteiger charge is 2.50. The number of carbonyl (C=O) groups excluding carboxylic acids is 1. The highest BCUT2D eigenvalue weighted by Crippen LogP contribution is 2.44. The Morgan fingerprint density at radius 1 is 1.27 bits per heavy atom. The second-order valence-corrected chi connectivity index (χ2v) is 7.79. The van der Waals surface area contributed by atoms with Gasteiger partial charge in [0.2, 0.25) is 0 Å². The molecule has 0 aromatic heterocycles. The summed E-state index contributed by atoms with van der Waals surface area (Å²) in [5, 5.41) is 0. The number of benzene rings is 2. The molecule has 0 aliphatic carbocycles. The molecule has 0 bridgehead atoms. The molecule has 2 atom stereocenters. The number of ketones is 1. The Hall–Kier alpha value is -2.09. The van der Waals surface area contributed by atoms with E-state index in [9.17, 15) is 4.79 Å². The van der Waals surface area contributed by atoms with E-state index in [0.717, 1.165) is 16.6 Å². The molecule has 2 aliphatic heterocycles. The topological polar surface area (TPSA) is 29.5 Å². The van der Waals surface area contributed by atoms with Crippen LogP contribution in [0.5, 0.6) is 0 Å². The van der Waals surface area contributed by atoms with Crippen LogP contribution in [0.25, 0.3) is 0 Å². The highest BCUT2D eigenvalue weighted by atomic mass is 79.9. The average Bonchev–Trinajstić information content (AvgIpc) is 2.67. The van der Waals surface area contributed by atoms with Crippen LogP contribution in [-0.4, -0.2) is 31.6 Å². The third kappa shape index (κ3) is 2.96. The van der Waals surface area contributed by atoms with E-state index in [4.69, 9.17) is 4.74 Å². The van der Waals surface area contributed by atoms with Crippen LogP contribution in [-0.2, 0) is 16.0 Å². The maximum atomic E-state index is 12.9. The fourth-order valence-corrected chi connectivity index (χ4v) is 4.30. The second kappa shape index (κ2) is 6.90. The molecule has 26 heavy (non-hydrogen) atoms. The van der Waals surface area contributed by atoms with Crippen molar-refractivity contribution in [3.8, 4) is 11.8 Å². The van der Waals surface area contributed by atoms with Gasteiger partial charge in [-0.15, -0.1) is 0 Å². The van der Waals surface area contributed by atoms with Gasteiger partial charge in [0.1, 0.15) is 11.2 Å². The molecular formula is C22H20BrNO2. The van der Waals surface area contributed by atoms with Crippen LogP contribution in [0.15, 0.2) is 53.0 Å². The van der Waals surface area contributed by atoms with Crippen LogP contribution in [0.2, 0.25) is 0 Å². The quantitative estimate of drug-likeness (QED) is 0.670. The zero-order valence-electron chi connectivity index (χ0n) is 14.7. The Morgan fingerprint density at radius 2 is 2.08 bits per heavy atom. The van der Waals surface area contributed by atoms with Crippen molar-refractivity contribution < 1.29 is 9.53 Å². The van der Waals surface area contributed by atoms with Gasteiger partial charge in [-0.05, 0) is 36.8 Å². The van der Waals surface area contributed by atoms with Crippen molar-refractivity contribution in [2.75, 3.05) is 24.7 Å². The first-order valence-corrected chi connectivity index (χ1v) is 9.61. The summed E-state index contributed by atoms with van der Waals surface area (Å²) in [5.41, 5.74) is 2.53. The molecule has 0 N–H and O–H groups in total. The Labute approximate surface area is 162 Å². The molecule has 0 radical (unpaired) electrons. The molecule has 2 aliphatic rings. The molecule has 0 spiro atoms. The minimum atomic E-state index is -0.753. The second-order valence-electron chi connectivity index (χ2n) is 6.88. The SMILES string of the molecule is CC(=O)[C@]1(C#Cc2ccccc2)Cc2ccc(Br)cc2N2CCOC[C@H]21. The molecule has 4 rings (SSSR count). The highest BCUT2D eigenvalue weighted by molar-refractivity contribution is 9.10. The lowest BCUT2D eigenvalue weighted by atomic mass is 9.69. The van der Waals surface area contributed by atoms with Crippen LogP contribution in [0.1, 0.15) is 18.1 Å². The van der Waals surface area contributed by atoms with Gasteiger partial charge in [0.25, 0.3) is 0 Å². The first-order chi connectivity index (χ1) is 12.6. The fourth-order valence-electron chi connectivity index (χ4n) is 3.95. The van der Waals surface area contributed by atoms with Crippen LogP contribution in [0, 0.1) is 17.3 Å². The number of Topliss-reactive ketones (excluding diaryl/α,β-unsaturated/α-hetero) is 1. The van der Waals surface area contributed by atoms with Gasteiger partial charge < -0.3 is 9.64 Å². The summed E-state index contributed by atoms with van der Waals surface area (Å²) < 4.78 is 6.82. The Bertz CT molecular complexity index is 899. The first-order valence-electron chi connectivity index (χ1n) is 8.82. The summed E-state index contributed by atoms with van der Waals surface area (Å²) in [5.74, 6) is 6.73. The van der Waals surface area contributed by atoms with Crippen molar-refractivity contribution in [2.45, 2.75) is 19.4 Å². The number of carbonyl (C=O) groups is 1. The van der Waals surface area contributed by atoms with Gasteiger partial charge in [-0.25, -0.2) is 0 Å². The molecule has 2 heterocycles. The normalized spacial score (nSPS) is 24.1. The summed E-state index contributed by atoms with van der Waals surface area (Å²) >= 11 is 3.57. The number of fused-ring (bicyclic) bond motifs is 3. The molecule has 0 unspecified atom stereocenters. The summed E-state index contributed by atoms with van der Waals surface area (Å²) in [4.78, 5) is 15.2. The number of anilines is 1. The lowest BCUT2D eigenvalue weighted by Gasteiger charge is -2.50. The van der Waals surface area contributed by atoms with E-state index >= 15 is 0 Å². The van der Waals surface area contributed by atoms with Gasteiger partial charge >= 0.3 is 0 Å². The van der Waals surface area contributed by atoms with Crippen LogP contribution in [0.4, 0.5) is 5.69 Å². The number of halogens is 1. The molecule has 2 aromatic rings. The Balaban J connectivity index is 1.85. The molecule has 132 valence electrons. The Morgan fingerprint density at radius 3 is 2.85 bits per heavy atom. The number of ether oxygens (including phenoxy) is 1. The average molecular weight is 410 g/mol. The smallest absolute Gasteiger partial charge is 0.150 e. The standard InChI is InChI=1S/C22H20BrNO2/c1-16(25)22(10-9-17-5-3-2-4-6-17)14-18-7-8-19(23)13-20(18)24-11-12-26-15-21(22)24/h2-8,13,21H,11-12,14-15H2,1H3/t21-,22-/m0/s1. The van der Waals surface area contributed by atoms with E-state index in [1.807, 2.05) is 36.4 Å². The van der Waals surface area contributed by atoms with Crippen LogP contribution >= 0.6 is 15.9 Å². The van der Waals surface area contributed by atoms with Gasteiger partial charge in [-0.1, -0.05) is 52.0 Å². The lowest BCUT2D eigenvalue weighted by Crippen LogP contribution is -2.60. The molecule has 1 saturated heterocycles. The van der Waals surface area contributed by atoms with Gasteiger partial charge in [0, 0.05) is 28.7 Å². The minimum Gasteiger partial charge on any atom is -0.377 e. The van der Waals surface area contributed by atoms with Crippen molar-refractivity contribution in [3.63, 3.8) is 0 Å². The van der Waals surface area contributed by atoms with E-state index in [0.29, 0.717) is 19.6 Å². The van der Waals surface area contributed by atoms with Gasteiger partial charge in [0.05, 0.1) is 19.3 Å². The van der Waals surface area contributed by atoms with Crippen molar-refractivity contribution in [1.82, 2.24) is 0 Å². The van der Waals surface area contributed by atoms with E-state index in [1.165, 1.54) is 11.3 Å². The molecular weight excluding hydrogens is 390 g/mol. The maximum Gasteiger partial charge on any atom is 0.150 e. The van der Waals surface area contributed by atoms with E-state index in [2.05, 4.69) is 44.8 Å². The molecule has 0 saturated carbocycles. The summed E-state index contributed by atoms with van der Waals surface area (Å²) in [6.07, 6.45) is 0.620. The zero-order valence-corrected chi connectivity index (χ0v) is 16.3. The maximum absolute atomic E-state index is 12.9. The number of hydrogen-bond donors (Lipinski definition) is 0. The number of nitrogens with zero attached hydrogens (tertiary/aromatic N) is 1. The number of hydrogen-bond acceptors (Lipinski definition) is 3. The molecule has 1 fully saturated rings. The molecule has 4 heteroatoms. The van der Waals surface area contributed by atoms with Crippen LogP contribution in [0.3, 0.4) is 0 Å². The van der Waals surface area contributed by atoms with Gasteiger partial charge in [-0.2, -0.15) is 0 Å². The third-order valence-electron chi connectivity index (χ3n) is 5.36. The predicted octanol–water partition coefficient (Wildman–Crippen LogP) is 3.84. The number of rotatable bonds is 1. The minimum absolute atomic E-state index is 0.0632. The number of morpholine rings is 1. The predicted molar refractivity (Wildman–Crippen MR) is 106 cm³/mol. The summed E-state index contributed by atoms with van der Waals surface area (Å²) in [7, 11) is 0. The fraction of sp³-hybridized carbons (Fsp3) is 0.318. The van der Waals surface area contributed by atoms with Crippen molar-refractivity contribution in [1.29, 1.82) is 0 Å². The lowest BCUT2D eigenvalue weighted by molar-refractivity contribution is -0.126. The van der Waals surface area contributed by atoms with Crippen LogP contribution < -0.4 is 4.90 Å². The Kier molecular flexibility index (Phi) is 4.60. The first kappa shape index (κ1) is 17.3. The van der Waals surface area contributed by atoms with Crippen molar-refractivity contribution in [2.24, 2.45) is 5.41 Å². The van der Waals surface area contributed by atoms with Crippen molar-refractivity contribution in [3.05, 3.63) is 64.1 Å². The van der Waals surface area contributed by atoms with Gasteiger partial charge in [-0.3, -0.25) is 4.79 Å². The molecule has 0 amide bonds. The van der Waals surface area contributed by atoms with E-state index in [-0.39, 0.29) is 11.8 Å². The largest absolute Gasteiger partial charge is 0.377 e. The van der Waals surface area contributed by atoms with E-state index in [1.54, 1.807) is 6.92 Å². The third-order valence-corrected chi connectivity index (χ3v) is 5.85. The van der Waals surface area contributed by atoms with Gasteiger partial charge in [0.15, 0.2) is 0 Å². The summed E-state index contributed by atoms with van der Waals surface area (Å²) in [6, 6.07) is 16.1. The zero-order chi connectivity index (χ0) is 18.1. The molecule has 3 nitrogen and oxygen atoms in total. The molecule has 2 aromatic carbocycles. The van der Waals surface area contributed by atoms with E-state index < -0.39 is 5.41 Å².